The number of H-pyrrole nitrogens is 1. The SMILES string of the molecule is Cc1n[nH]c(C)c1C(=O)N[C@H]1CCCCC/C=C\C2CC2(C(=O)NS(=O)(=O)C2CC2)NC(=O)[C@@H]2C[C@@H](ON=C3c4ccccc4-c4ccccc43)CN2C1=O. The highest BCUT2D eigenvalue weighted by Crippen LogP contribution is 2.46. The Balaban J connectivity index is 1.10. The van der Waals surface area contributed by atoms with Crippen LogP contribution in [0.4, 0.5) is 0 Å². The Morgan fingerprint density at radius 3 is 2.31 bits per heavy atom. The largest absolute Gasteiger partial charge is 0.390 e. The van der Waals surface area contributed by atoms with Crippen molar-refractivity contribution in [3.05, 3.63) is 88.8 Å². The normalized spacial score (nSPS) is 26.9. The van der Waals surface area contributed by atoms with Crippen molar-refractivity contribution in [1.29, 1.82) is 0 Å². The van der Waals surface area contributed by atoms with Gasteiger partial charge in [0.25, 0.3) is 11.8 Å². The zero-order valence-electron chi connectivity index (χ0n) is 30.8. The number of aryl methyl sites for hydroxylation is 2. The second-order valence-electron chi connectivity index (χ2n) is 15.3. The number of fused-ring (bicyclic) bond motifs is 5. The van der Waals surface area contributed by atoms with Crippen molar-refractivity contribution in [3.8, 4) is 11.1 Å². The molecule has 0 spiro atoms. The molecule has 2 unspecified atom stereocenters. The molecule has 2 saturated carbocycles. The van der Waals surface area contributed by atoms with Crippen LogP contribution in [0.5, 0.6) is 0 Å². The van der Waals surface area contributed by atoms with Crippen molar-refractivity contribution < 1.29 is 32.4 Å². The minimum Gasteiger partial charge on any atom is -0.390 e. The van der Waals surface area contributed by atoms with Crippen molar-refractivity contribution in [2.24, 2.45) is 11.1 Å². The summed E-state index contributed by atoms with van der Waals surface area (Å²) in [6.45, 7) is 3.44. The van der Waals surface area contributed by atoms with Crippen LogP contribution in [-0.2, 0) is 29.2 Å². The fourth-order valence-corrected chi connectivity index (χ4v) is 9.54. The molecule has 1 saturated heterocycles. The fraction of sp³-hybridized carbons (Fsp3) is 0.450. The predicted molar refractivity (Wildman–Crippen MR) is 203 cm³/mol. The Morgan fingerprint density at radius 1 is 0.964 bits per heavy atom. The van der Waals surface area contributed by atoms with Gasteiger partial charge in [-0.25, -0.2) is 8.42 Å². The number of oxime groups is 1. The number of benzene rings is 2. The van der Waals surface area contributed by atoms with Gasteiger partial charge in [-0.3, -0.25) is 29.0 Å². The highest BCUT2D eigenvalue weighted by atomic mass is 32.2. The molecule has 3 heterocycles. The second kappa shape index (κ2) is 14.4. The van der Waals surface area contributed by atoms with E-state index < -0.39 is 68.5 Å². The average Bonchev–Trinajstić information content (AvgIpc) is 4.04. The predicted octanol–water partition coefficient (Wildman–Crippen LogP) is 3.55. The van der Waals surface area contributed by atoms with Crippen LogP contribution in [0.1, 0.15) is 90.7 Å². The highest BCUT2D eigenvalue weighted by Gasteiger charge is 2.62. The van der Waals surface area contributed by atoms with Crippen LogP contribution >= 0.6 is 0 Å². The number of sulfonamides is 1. The zero-order chi connectivity index (χ0) is 38.5. The molecule has 3 aromatic rings. The highest BCUT2D eigenvalue weighted by molar-refractivity contribution is 7.91. The monoisotopic (exact) mass is 767 g/mol. The Morgan fingerprint density at radius 2 is 1.65 bits per heavy atom. The van der Waals surface area contributed by atoms with Gasteiger partial charge in [0.1, 0.15) is 29.4 Å². The van der Waals surface area contributed by atoms with Gasteiger partial charge in [0.2, 0.25) is 21.8 Å². The van der Waals surface area contributed by atoms with Crippen LogP contribution in [0, 0.1) is 19.8 Å². The summed E-state index contributed by atoms with van der Waals surface area (Å²) in [5.41, 5.74) is 4.42. The summed E-state index contributed by atoms with van der Waals surface area (Å²) >= 11 is 0. The lowest BCUT2D eigenvalue weighted by molar-refractivity contribution is -0.141. The van der Waals surface area contributed by atoms with Crippen LogP contribution in [0.15, 0.2) is 65.8 Å². The molecule has 4 amide bonds. The van der Waals surface area contributed by atoms with Crippen molar-refractivity contribution in [3.63, 3.8) is 0 Å². The van der Waals surface area contributed by atoms with E-state index in [1.807, 2.05) is 60.7 Å². The van der Waals surface area contributed by atoms with Gasteiger partial charge in [0.05, 0.1) is 23.1 Å². The number of rotatable bonds is 7. The first kappa shape index (κ1) is 36.7. The summed E-state index contributed by atoms with van der Waals surface area (Å²) in [6.07, 6.45) is 7.60. The van der Waals surface area contributed by atoms with Crippen LogP contribution in [0.25, 0.3) is 11.1 Å². The van der Waals surface area contributed by atoms with E-state index in [9.17, 15) is 27.6 Å². The molecular weight excluding hydrogens is 723 g/mol. The number of aromatic nitrogens is 2. The van der Waals surface area contributed by atoms with E-state index in [0.29, 0.717) is 54.8 Å². The number of hydrogen-bond acceptors (Lipinski definition) is 9. The lowest BCUT2D eigenvalue weighted by Gasteiger charge is -2.30. The van der Waals surface area contributed by atoms with E-state index in [1.54, 1.807) is 13.8 Å². The molecule has 1 aromatic heterocycles. The van der Waals surface area contributed by atoms with Gasteiger partial charge in [0.15, 0.2) is 0 Å². The van der Waals surface area contributed by atoms with E-state index in [0.717, 1.165) is 35.1 Å². The lowest BCUT2D eigenvalue weighted by Crippen LogP contribution is -2.58. The van der Waals surface area contributed by atoms with E-state index in [4.69, 9.17) is 4.84 Å². The van der Waals surface area contributed by atoms with Gasteiger partial charge in [-0.2, -0.15) is 5.10 Å². The molecule has 0 bridgehead atoms. The number of carbonyl (C=O) groups excluding carboxylic acids is 4. The molecule has 288 valence electrons. The number of nitrogens with one attached hydrogen (secondary N) is 4. The molecule has 2 aliphatic heterocycles. The Kier molecular flexibility index (Phi) is 9.60. The Hall–Kier alpha value is -5.31. The maximum absolute atomic E-state index is 14.6. The second-order valence-corrected chi connectivity index (χ2v) is 17.3. The maximum atomic E-state index is 14.6. The van der Waals surface area contributed by atoms with E-state index >= 15 is 0 Å². The molecule has 5 atom stereocenters. The Bertz CT molecular complexity index is 2160. The first-order valence-electron chi connectivity index (χ1n) is 19.1. The van der Waals surface area contributed by atoms with Gasteiger partial charge < -0.3 is 20.4 Å². The third kappa shape index (κ3) is 7.05. The molecule has 8 rings (SSSR count). The van der Waals surface area contributed by atoms with Gasteiger partial charge in [0, 0.05) is 29.2 Å². The molecule has 14 nitrogen and oxygen atoms in total. The van der Waals surface area contributed by atoms with Crippen molar-refractivity contribution in [2.75, 3.05) is 6.54 Å². The number of hydrogen-bond donors (Lipinski definition) is 4. The van der Waals surface area contributed by atoms with Crippen LogP contribution in [-0.4, -0.2) is 88.4 Å². The van der Waals surface area contributed by atoms with E-state index in [2.05, 4.69) is 30.7 Å². The summed E-state index contributed by atoms with van der Waals surface area (Å²) in [5, 5.41) is 16.8. The molecule has 5 aliphatic rings. The molecule has 3 fully saturated rings. The number of carbonyl (C=O) groups is 4. The number of nitrogens with zero attached hydrogens (tertiary/aromatic N) is 3. The Labute approximate surface area is 319 Å². The fourth-order valence-electron chi connectivity index (χ4n) is 8.17. The number of aromatic amines is 1. The third-order valence-corrected chi connectivity index (χ3v) is 13.3. The maximum Gasteiger partial charge on any atom is 0.259 e. The van der Waals surface area contributed by atoms with Gasteiger partial charge >= 0.3 is 0 Å². The number of amides is 4. The van der Waals surface area contributed by atoms with Crippen LogP contribution in [0.2, 0.25) is 0 Å². The van der Waals surface area contributed by atoms with Crippen molar-refractivity contribution in [2.45, 2.75) is 101 Å². The molecule has 55 heavy (non-hydrogen) atoms. The first-order chi connectivity index (χ1) is 26.5. The quantitative estimate of drug-likeness (QED) is 0.162. The summed E-state index contributed by atoms with van der Waals surface area (Å²) in [5.74, 6) is -2.72. The zero-order valence-corrected chi connectivity index (χ0v) is 31.7. The summed E-state index contributed by atoms with van der Waals surface area (Å²) in [7, 11) is -3.89. The molecular formula is C40H45N7O7S. The average molecular weight is 768 g/mol. The molecule has 15 heteroatoms. The summed E-state index contributed by atoms with van der Waals surface area (Å²) in [6, 6.07) is 13.7. The van der Waals surface area contributed by atoms with Crippen molar-refractivity contribution >= 4 is 39.4 Å². The van der Waals surface area contributed by atoms with E-state index in [1.165, 1.54) is 4.90 Å². The van der Waals surface area contributed by atoms with Gasteiger partial charge in [-0.1, -0.05) is 78.7 Å². The van der Waals surface area contributed by atoms with Crippen molar-refractivity contribution in [1.82, 2.24) is 30.5 Å². The molecule has 4 N–H and O–H groups in total. The minimum absolute atomic E-state index is 0.00822. The summed E-state index contributed by atoms with van der Waals surface area (Å²) < 4.78 is 28.0. The summed E-state index contributed by atoms with van der Waals surface area (Å²) in [4.78, 5) is 64.0. The third-order valence-electron chi connectivity index (χ3n) is 11.5. The van der Waals surface area contributed by atoms with Crippen LogP contribution in [0.3, 0.4) is 0 Å². The van der Waals surface area contributed by atoms with Gasteiger partial charge in [-0.05, 0) is 63.5 Å². The van der Waals surface area contributed by atoms with Crippen LogP contribution < -0.4 is 15.4 Å². The molecule has 0 radical (unpaired) electrons. The first-order valence-corrected chi connectivity index (χ1v) is 20.6. The smallest absolute Gasteiger partial charge is 0.259 e. The lowest BCUT2D eigenvalue weighted by atomic mass is 10.0. The standard InChI is InChI=1S/C40H45N7O7S/c1-23-34(24(2)44-43-23)37(49)41-32-17-7-5-3-4-6-12-25-21-40(25,39(51)46-55(52,53)27-18-19-27)42-36(48)33-20-26(22-47(33)38(32)50)54-45-35-30-15-10-8-13-28(30)29-14-9-11-16-31(29)35/h6,8-16,25-27,32-33H,3-5,7,17-22H2,1-2H3,(H,41,49)(H,42,48)(H,43,44)(H,46,51)/b12-6-/t25?,26-,32+,33+,40?/m1/s1. The van der Waals surface area contributed by atoms with E-state index in [-0.39, 0.29) is 19.4 Å². The van der Waals surface area contributed by atoms with Gasteiger partial charge in [-0.15, -0.1) is 0 Å². The topological polar surface area (TPSA) is 192 Å². The minimum atomic E-state index is -3.89. The molecule has 2 aromatic carbocycles. The molecule has 3 aliphatic carbocycles. The number of allylic oxidation sites excluding steroid dienone is 1.